The number of nitrogens with zero attached hydrogens (tertiary/aromatic N) is 2. The lowest BCUT2D eigenvalue weighted by Crippen LogP contribution is -2.42. The molecule has 0 radical (unpaired) electrons. The van der Waals surface area contributed by atoms with Gasteiger partial charge in [0.2, 0.25) is 0 Å². The molecular formula is C15H22N4. The zero-order chi connectivity index (χ0) is 13.1. The maximum absolute atomic E-state index is 4.33. The summed E-state index contributed by atoms with van der Waals surface area (Å²) in [7, 11) is 0. The topological polar surface area (TPSA) is 44.0 Å². The fourth-order valence-electron chi connectivity index (χ4n) is 2.87. The van der Waals surface area contributed by atoms with E-state index in [9.17, 15) is 0 Å². The molecule has 1 fully saturated rings. The molecular weight excluding hydrogens is 236 g/mol. The van der Waals surface area contributed by atoms with Crippen molar-refractivity contribution in [2.45, 2.75) is 32.4 Å². The molecule has 1 aliphatic rings. The number of H-pyrrole nitrogens is 1. The second kappa shape index (κ2) is 5.72. The van der Waals surface area contributed by atoms with Crippen molar-refractivity contribution >= 4 is 11.0 Å². The standard InChI is InChI=1S/C15H22N4/c1-2-19-8-5-13(6-9-19)17-10-12-11-18-15-14(12)4-3-7-16-15/h3-4,7,11,13,17H,2,5-6,8-10H2,1H3,(H,16,18). The van der Waals surface area contributed by atoms with Gasteiger partial charge in [0.15, 0.2) is 0 Å². The van der Waals surface area contributed by atoms with Crippen molar-refractivity contribution in [2.24, 2.45) is 0 Å². The van der Waals surface area contributed by atoms with Gasteiger partial charge < -0.3 is 15.2 Å². The predicted octanol–water partition coefficient (Wildman–Crippen LogP) is 2.14. The van der Waals surface area contributed by atoms with Crippen molar-refractivity contribution in [1.29, 1.82) is 0 Å². The molecule has 1 aliphatic heterocycles. The summed E-state index contributed by atoms with van der Waals surface area (Å²) >= 11 is 0. The number of aromatic amines is 1. The summed E-state index contributed by atoms with van der Waals surface area (Å²) in [6.45, 7) is 6.81. The van der Waals surface area contributed by atoms with Crippen LogP contribution in [0.15, 0.2) is 24.5 Å². The summed E-state index contributed by atoms with van der Waals surface area (Å²) in [5.74, 6) is 0. The number of aromatic nitrogens is 2. The molecule has 19 heavy (non-hydrogen) atoms. The van der Waals surface area contributed by atoms with Crippen LogP contribution in [-0.2, 0) is 6.54 Å². The van der Waals surface area contributed by atoms with Crippen LogP contribution >= 0.6 is 0 Å². The minimum Gasteiger partial charge on any atom is -0.346 e. The highest BCUT2D eigenvalue weighted by molar-refractivity contribution is 5.79. The van der Waals surface area contributed by atoms with Crippen molar-refractivity contribution in [3.8, 4) is 0 Å². The Morgan fingerprint density at radius 3 is 3.05 bits per heavy atom. The Labute approximate surface area is 114 Å². The van der Waals surface area contributed by atoms with Gasteiger partial charge in [-0.15, -0.1) is 0 Å². The summed E-state index contributed by atoms with van der Waals surface area (Å²) in [6, 6.07) is 4.79. The molecule has 0 amide bonds. The van der Waals surface area contributed by atoms with Gasteiger partial charge in [-0.1, -0.05) is 6.92 Å². The minimum atomic E-state index is 0.657. The molecule has 0 aliphatic carbocycles. The smallest absolute Gasteiger partial charge is 0.137 e. The van der Waals surface area contributed by atoms with E-state index in [1.807, 2.05) is 12.3 Å². The molecule has 4 nitrogen and oxygen atoms in total. The number of likely N-dealkylation sites (tertiary alicyclic amines) is 1. The van der Waals surface area contributed by atoms with Crippen LogP contribution in [0.3, 0.4) is 0 Å². The molecule has 2 aromatic rings. The number of pyridine rings is 1. The average molecular weight is 258 g/mol. The normalized spacial score (nSPS) is 18.2. The van der Waals surface area contributed by atoms with Crippen LogP contribution in [0.4, 0.5) is 0 Å². The summed E-state index contributed by atoms with van der Waals surface area (Å²) in [6.07, 6.45) is 6.42. The first kappa shape index (κ1) is 12.6. The molecule has 0 unspecified atom stereocenters. The van der Waals surface area contributed by atoms with Crippen LogP contribution in [-0.4, -0.2) is 40.5 Å². The van der Waals surface area contributed by atoms with Gasteiger partial charge >= 0.3 is 0 Å². The molecule has 0 saturated carbocycles. The lowest BCUT2D eigenvalue weighted by Gasteiger charge is -2.31. The molecule has 2 aromatic heterocycles. The third-order valence-corrected chi connectivity index (χ3v) is 4.15. The van der Waals surface area contributed by atoms with Gasteiger partial charge in [-0.05, 0) is 50.2 Å². The zero-order valence-electron chi connectivity index (χ0n) is 11.5. The fraction of sp³-hybridized carbons (Fsp3) is 0.533. The molecule has 102 valence electrons. The first-order valence-electron chi connectivity index (χ1n) is 7.23. The third kappa shape index (κ3) is 2.80. The van der Waals surface area contributed by atoms with Gasteiger partial charge in [-0.2, -0.15) is 0 Å². The van der Waals surface area contributed by atoms with E-state index in [-0.39, 0.29) is 0 Å². The molecule has 2 N–H and O–H groups in total. The first-order valence-corrected chi connectivity index (χ1v) is 7.23. The van der Waals surface area contributed by atoms with Crippen LogP contribution < -0.4 is 5.32 Å². The highest BCUT2D eigenvalue weighted by Gasteiger charge is 2.17. The Morgan fingerprint density at radius 2 is 2.26 bits per heavy atom. The maximum atomic E-state index is 4.33. The van der Waals surface area contributed by atoms with Crippen LogP contribution in [0.1, 0.15) is 25.3 Å². The Bertz CT molecular complexity index is 526. The van der Waals surface area contributed by atoms with Crippen molar-refractivity contribution < 1.29 is 0 Å². The second-order valence-electron chi connectivity index (χ2n) is 5.30. The summed E-state index contributed by atoms with van der Waals surface area (Å²) in [4.78, 5) is 10.1. The van der Waals surface area contributed by atoms with Crippen LogP contribution in [0.25, 0.3) is 11.0 Å². The average Bonchev–Trinajstić information content (AvgIpc) is 2.89. The van der Waals surface area contributed by atoms with Crippen LogP contribution in [0.2, 0.25) is 0 Å². The number of hydrogen-bond acceptors (Lipinski definition) is 3. The number of fused-ring (bicyclic) bond motifs is 1. The van der Waals surface area contributed by atoms with Crippen molar-refractivity contribution in [2.75, 3.05) is 19.6 Å². The van der Waals surface area contributed by atoms with E-state index in [4.69, 9.17) is 0 Å². The molecule has 0 aromatic carbocycles. The highest BCUT2D eigenvalue weighted by Crippen LogP contribution is 2.16. The summed E-state index contributed by atoms with van der Waals surface area (Å²) in [5, 5.41) is 4.92. The van der Waals surface area contributed by atoms with Crippen molar-refractivity contribution in [1.82, 2.24) is 20.2 Å². The van der Waals surface area contributed by atoms with Crippen LogP contribution in [0, 0.1) is 0 Å². The molecule has 3 heterocycles. The zero-order valence-corrected chi connectivity index (χ0v) is 11.5. The second-order valence-corrected chi connectivity index (χ2v) is 5.30. The van der Waals surface area contributed by atoms with Gasteiger partial charge in [-0.25, -0.2) is 4.98 Å². The maximum Gasteiger partial charge on any atom is 0.137 e. The number of piperidine rings is 1. The van der Waals surface area contributed by atoms with E-state index in [2.05, 4.69) is 39.4 Å². The predicted molar refractivity (Wildman–Crippen MR) is 78.1 cm³/mol. The molecule has 4 heteroatoms. The molecule has 0 bridgehead atoms. The monoisotopic (exact) mass is 258 g/mol. The molecule has 0 atom stereocenters. The molecule has 3 rings (SSSR count). The fourth-order valence-corrected chi connectivity index (χ4v) is 2.87. The van der Waals surface area contributed by atoms with Gasteiger partial charge in [0.1, 0.15) is 5.65 Å². The quantitative estimate of drug-likeness (QED) is 0.883. The van der Waals surface area contributed by atoms with E-state index in [1.165, 1.54) is 43.4 Å². The van der Waals surface area contributed by atoms with E-state index < -0.39 is 0 Å². The molecule has 0 spiro atoms. The van der Waals surface area contributed by atoms with E-state index in [1.54, 1.807) is 0 Å². The first-order chi connectivity index (χ1) is 9.36. The Balaban J connectivity index is 1.58. The Hall–Kier alpha value is -1.39. The van der Waals surface area contributed by atoms with Crippen molar-refractivity contribution in [3.63, 3.8) is 0 Å². The lowest BCUT2D eigenvalue weighted by molar-refractivity contribution is 0.206. The van der Waals surface area contributed by atoms with Crippen molar-refractivity contribution in [3.05, 3.63) is 30.1 Å². The highest BCUT2D eigenvalue weighted by atomic mass is 15.1. The molecule has 1 saturated heterocycles. The van der Waals surface area contributed by atoms with E-state index in [0.717, 1.165) is 12.2 Å². The van der Waals surface area contributed by atoms with E-state index in [0.29, 0.717) is 6.04 Å². The van der Waals surface area contributed by atoms with Gasteiger partial charge in [0.25, 0.3) is 0 Å². The van der Waals surface area contributed by atoms with Gasteiger partial charge in [0, 0.05) is 30.4 Å². The minimum absolute atomic E-state index is 0.657. The van der Waals surface area contributed by atoms with Crippen LogP contribution in [0.5, 0.6) is 0 Å². The van der Waals surface area contributed by atoms with Gasteiger partial charge in [0.05, 0.1) is 0 Å². The third-order valence-electron chi connectivity index (χ3n) is 4.15. The summed E-state index contributed by atoms with van der Waals surface area (Å²) < 4.78 is 0. The Morgan fingerprint density at radius 1 is 1.42 bits per heavy atom. The summed E-state index contributed by atoms with van der Waals surface area (Å²) in [5.41, 5.74) is 2.31. The lowest BCUT2D eigenvalue weighted by atomic mass is 10.0. The Kier molecular flexibility index (Phi) is 3.80. The SMILES string of the molecule is CCN1CCC(NCc2c[nH]c3ncccc23)CC1. The number of nitrogens with one attached hydrogen (secondary N) is 2. The van der Waals surface area contributed by atoms with Gasteiger partial charge in [-0.3, -0.25) is 0 Å². The largest absolute Gasteiger partial charge is 0.346 e. The number of hydrogen-bond donors (Lipinski definition) is 2. The van der Waals surface area contributed by atoms with E-state index >= 15 is 0 Å². The number of rotatable bonds is 4.